The molecule has 2 aromatic rings. The van der Waals surface area contributed by atoms with Gasteiger partial charge in [0.25, 0.3) is 11.8 Å². The molecule has 1 aromatic carbocycles. The molecule has 3 rings (SSSR count). The number of carbonyl (C=O) groups excluding carboxylic acids is 2. The average molecular weight is 319 g/mol. The van der Waals surface area contributed by atoms with E-state index >= 15 is 0 Å². The molecule has 5 nitrogen and oxygen atoms in total. The van der Waals surface area contributed by atoms with Crippen molar-refractivity contribution >= 4 is 23.2 Å². The van der Waals surface area contributed by atoms with E-state index in [9.17, 15) is 14.0 Å². The monoisotopic (exact) mass is 319 g/mol. The van der Waals surface area contributed by atoms with Crippen LogP contribution in [0.2, 0.25) is 0 Å². The average Bonchev–Trinajstić information content (AvgIpc) is 3.15. The molecule has 1 aliphatic rings. The third-order valence-corrected chi connectivity index (χ3v) is 4.75. The molecule has 0 aliphatic carbocycles. The van der Waals surface area contributed by atoms with Crippen molar-refractivity contribution in [3.05, 3.63) is 51.7 Å². The lowest BCUT2D eigenvalue weighted by molar-refractivity contribution is 0.0734. The van der Waals surface area contributed by atoms with Crippen LogP contribution in [0.3, 0.4) is 0 Å². The molecule has 22 heavy (non-hydrogen) atoms. The summed E-state index contributed by atoms with van der Waals surface area (Å²) in [4.78, 5) is 30.0. The van der Waals surface area contributed by atoms with Crippen molar-refractivity contribution in [3.8, 4) is 0 Å². The zero-order valence-corrected chi connectivity index (χ0v) is 12.5. The highest BCUT2D eigenvalue weighted by Gasteiger charge is 2.33. The number of aromatic nitrogens is 1. The van der Waals surface area contributed by atoms with E-state index in [1.807, 2.05) is 0 Å². The number of nitrogens with two attached hydrogens (primary N) is 1. The Bertz CT molecular complexity index is 731. The minimum atomic E-state index is -0.523. The van der Waals surface area contributed by atoms with Gasteiger partial charge in [-0.2, -0.15) is 0 Å². The lowest BCUT2D eigenvalue weighted by atomic mass is 10.1. The topological polar surface area (TPSA) is 76.3 Å². The van der Waals surface area contributed by atoms with Crippen molar-refractivity contribution in [2.45, 2.75) is 18.9 Å². The van der Waals surface area contributed by atoms with Crippen molar-refractivity contribution in [1.29, 1.82) is 0 Å². The number of nitrogens with zero attached hydrogens (tertiary/aromatic N) is 2. The number of hydrogen-bond donors (Lipinski definition) is 1. The van der Waals surface area contributed by atoms with Gasteiger partial charge < -0.3 is 10.6 Å². The maximum Gasteiger partial charge on any atom is 0.260 e. The summed E-state index contributed by atoms with van der Waals surface area (Å²) in [5.41, 5.74) is 5.56. The first-order chi connectivity index (χ1) is 10.6. The summed E-state index contributed by atoms with van der Waals surface area (Å²) < 4.78 is 13.3. The number of likely N-dealkylation sites (tertiary alicyclic amines) is 1. The molecule has 1 saturated heterocycles. The van der Waals surface area contributed by atoms with Gasteiger partial charge in [-0.25, -0.2) is 9.37 Å². The largest absolute Gasteiger partial charge is 0.365 e. The van der Waals surface area contributed by atoms with Gasteiger partial charge in [0.2, 0.25) is 0 Å². The first-order valence-corrected chi connectivity index (χ1v) is 7.70. The van der Waals surface area contributed by atoms with Gasteiger partial charge in [0.05, 0.1) is 12.2 Å². The van der Waals surface area contributed by atoms with Crippen molar-refractivity contribution in [2.75, 3.05) is 6.54 Å². The third-order valence-electron chi connectivity index (χ3n) is 3.64. The van der Waals surface area contributed by atoms with Crippen LogP contribution in [0.5, 0.6) is 0 Å². The Kier molecular flexibility index (Phi) is 3.89. The molecular weight excluding hydrogens is 305 g/mol. The Morgan fingerprint density at radius 1 is 1.41 bits per heavy atom. The van der Waals surface area contributed by atoms with Crippen molar-refractivity contribution < 1.29 is 14.0 Å². The van der Waals surface area contributed by atoms with E-state index in [1.165, 1.54) is 35.7 Å². The summed E-state index contributed by atoms with van der Waals surface area (Å²) in [7, 11) is 0. The fraction of sp³-hybridized carbons (Fsp3) is 0.267. The third kappa shape index (κ3) is 2.71. The predicted octanol–water partition coefficient (Wildman–Crippen LogP) is 2.36. The second kappa shape index (κ2) is 5.84. The van der Waals surface area contributed by atoms with Crippen molar-refractivity contribution in [3.63, 3.8) is 0 Å². The minimum Gasteiger partial charge on any atom is -0.365 e. The van der Waals surface area contributed by atoms with Gasteiger partial charge in [-0.05, 0) is 31.0 Å². The van der Waals surface area contributed by atoms with Gasteiger partial charge in [-0.15, -0.1) is 11.3 Å². The minimum absolute atomic E-state index is 0.186. The number of primary amides is 1. The van der Waals surface area contributed by atoms with Crippen LogP contribution in [0, 0.1) is 5.82 Å². The Morgan fingerprint density at radius 2 is 2.23 bits per heavy atom. The van der Waals surface area contributed by atoms with Gasteiger partial charge in [-0.1, -0.05) is 6.07 Å². The molecule has 0 radical (unpaired) electrons. The number of amides is 2. The van der Waals surface area contributed by atoms with Crippen LogP contribution in [0.4, 0.5) is 4.39 Å². The lowest BCUT2D eigenvalue weighted by Gasteiger charge is -2.23. The van der Waals surface area contributed by atoms with E-state index < -0.39 is 11.7 Å². The number of hydrogen-bond acceptors (Lipinski definition) is 4. The molecular formula is C15H14FN3O2S. The smallest absolute Gasteiger partial charge is 0.260 e. The highest BCUT2D eigenvalue weighted by molar-refractivity contribution is 7.13. The molecule has 7 heteroatoms. The quantitative estimate of drug-likeness (QED) is 0.943. The van der Waals surface area contributed by atoms with E-state index in [4.69, 9.17) is 5.73 Å². The fourth-order valence-electron chi connectivity index (χ4n) is 2.61. The zero-order valence-electron chi connectivity index (χ0n) is 11.7. The maximum absolute atomic E-state index is 13.3. The molecule has 1 fully saturated rings. The molecule has 114 valence electrons. The van der Waals surface area contributed by atoms with E-state index in [0.29, 0.717) is 22.0 Å². The zero-order chi connectivity index (χ0) is 15.7. The summed E-state index contributed by atoms with van der Waals surface area (Å²) >= 11 is 1.20. The van der Waals surface area contributed by atoms with Crippen LogP contribution >= 0.6 is 11.3 Å². The summed E-state index contributed by atoms with van der Waals surface area (Å²) in [6.45, 7) is 0.589. The van der Waals surface area contributed by atoms with E-state index in [-0.39, 0.29) is 11.9 Å². The lowest BCUT2D eigenvalue weighted by Crippen LogP contribution is -2.30. The van der Waals surface area contributed by atoms with Crippen molar-refractivity contribution in [2.24, 2.45) is 5.73 Å². The molecule has 2 amide bonds. The molecule has 0 unspecified atom stereocenters. The Balaban J connectivity index is 1.86. The maximum atomic E-state index is 13.3. The molecule has 2 N–H and O–H groups in total. The van der Waals surface area contributed by atoms with Gasteiger partial charge in [-0.3, -0.25) is 9.59 Å². The van der Waals surface area contributed by atoms with Crippen molar-refractivity contribution in [1.82, 2.24) is 9.88 Å². The molecule has 1 aromatic heterocycles. The second-order valence-corrected chi connectivity index (χ2v) is 6.16. The normalized spacial score (nSPS) is 17.7. The van der Waals surface area contributed by atoms with Crippen LogP contribution in [0.1, 0.15) is 43.9 Å². The Hall–Kier alpha value is -2.28. The van der Waals surface area contributed by atoms with Crippen LogP contribution in [0.25, 0.3) is 0 Å². The summed E-state index contributed by atoms with van der Waals surface area (Å²) in [6, 6.07) is 5.46. The highest BCUT2D eigenvalue weighted by Crippen LogP contribution is 2.35. The van der Waals surface area contributed by atoms with Gasteiger partial charge >= 0.3 is 0 Å². The number of thiazole rings is 1. The Labute approximate surface area is 130 Å². The molecule has 1 atom stereocenters. The van der Waals surface area contributed by atoms with Crippen LogP contribution in [-0.2, 0) is 0 Å². The van der Waals surface area contributed by atoms with E-state index in [2.05, 4.69) is 4.98 Å². The van der Waals surface area contributed by atoms with Crippen LogP contribution in [-0.4, -0.2) is 28.2 Å². The standard InChI is InChI=1S/C15H14FN3O2S/c16-10-4-1-3-9(7-10)15(21)19-6-2-5-11(19)14-18-8-12(22-14)13(17)20/h1,3-4,7-8,11H,2,5-6H2,(H2,17,20)/t11-/m0/s1. The van der Waals surface area contributed by atoms with Gasteiger partial charge in [0.15, 0.2) is 0 Å². The molecule has 0 saturated carbocycles. The van der Waals surface area contributed by atoms with Gasteiger partial charge in [0.1, 0.15) is 15.7 Å². The van der Waals surface area contributed by atoms with E-state index in [1.54, 1.807) is 11.0 Å². The first-order valence-electron chi connectivity index (χ1n) is 6.88. The van der Waals surface area contributed by atoms with E-state index in [0.717, 1.165) is 12.8 Å². The van der Waals surface area contributed by atoms with Gasteiger partial charge in [0, 0.05) is 12.1 Å². The predicted molar refractivity (Wildman–Crippen MR) is 80.0 cm³/mol. The summed E-state index contributed by atoms with van der Waals surface area (Å²) in [5.74, 6) is -1.19. The fourth-order valence-corrected chi connectivity index (χ4v) is 3.53. The summed E-state index contributed by atoms with van der Waals surface area (Å²) in [5, 5.41) is 0.691. The number of halogens is 1. The molecule has 0 spiro atoms. The SMILES string of the molecule is NC(=O)c1cnc([C@@H]2CCCN2C(=O)c2cccc(F)c2)s1. The first kappa shape index (κ1) is 14.6. The molecule has 1 aliphatic heterocycles. The number of benzene rings is 1. The number of rotatable bonds is 3. The number of carbonyl (C=O) groups is 2. The highest BCUT2D eigenvalue weighted by atomic mass is 32.1. The molecule has 0 bridgehead atoms. The second-order valence-electron chi connectivity index (χ2n) is 5.09. The molecule has 2 heterocycles. The van der Waals surface area contributed by atoms with Crippen LogP contribution < -0.4 is 5.73 Å². The Morgan fingerprint density at radius 3 is 2.91 bits per heavy atom. The van der Waals surface area contributed by atoms with Crippen LogP contribution in [0.15, 0.2) is 30.5 Å². The summed E-state index contributed by atoms with van der Waals surface area (Å²) in [6.07, 6.45) is 3.05.